The third-order valence-corrected chi connectivity index (χ3v) is 6.40. The van der Waals surface area contributed by atoms with Gasteiger partial charge in [-0.05, 0) is 55.5 Å². The van der Waals surface area contributed by atoms with Crippen LogP contribution in [0.5, 0.6) is 5.75 Å². The van der Waals surface area contributed by atoms with Crippen LogP contribution in [-0.2, 0) is 27.4 Å². The van der Waals surface area contributed by atoms with Crippen LogP contribution < -0.4 is 10.1 Å². The summed E-state index contributed by atoms with van der Waals surface area (Å²) in [6, 6.07) is 11.1. The van der Waals surface area contributed by atoms with Crippen molar-refractivity contribution in [2.45, 2.75) is 44.8 Å². The van der Waals surface area contributed by atoms with Gasteiger partial charge in [-0.2, -0.15) is 0 Å². The monoisotopic (exact) mass is 480 g/mol. The first-order valence-electron chi connectivity index (χ1n) is 10.9. The number of carbonyl (C=O) groups excluding carboxylic acids is 2. The van der Waals surface area contributed by atoms with Crippen molar-refractivity contribution in [2.24, 2.45) is 11.8 Å². The third kappa shape index (κ3) is 6.47. The van der Waals surface area contributed by atoms with Crippen molar-refractivity contribution in [3.05, 3.63) is 63.6 Å². The summed E-state index contributed by atoms with van der Waals surface area (Å²) >= 11 is 12.3. The van der Waals surface area contributed by atoms with Crippen molar-refractivity contribution in [2.75, 3.05) is 0 Å². The van der Waals surface area contributed by atoms with Gasteiger partial charge in [0.05, 0.1) is 0 Å². The van der Waals surface area contributed by atoms with Crippen molar-refractivity contribution < 1.29 is 27.0 Å². The zero-order valence-corrected chi connectivity index (χ0v) is 18.9. The van der Waals surface area contributed by atoms with Crippen molar-refractivity contribution in [3.8, 4) is 5.75 Å². The number of hydrogen-bond donors (Lipinski definition) is 2. The molecular formula is C24H27Cl2NO5. The molecule has 1 saturated carbocycles. The zero-order chi connectivity index (χ0) is 24.0. The van der Waals surface area contributed by atoms with E-state index in [1.54, 1.807) is 42.5 Å². The second-order valence-electron chi connectivity index (χ2n) is 7.90. The van der Waals surface area contributed by atoms with E-state index in [-0.39, 0.29) is 32.2 Å². The summed E-state index contributed by atoms with van der Waals surface area (Å²) in [7, 11) is 0. The van der Waals surface area contributed by atoms with E-state index in [1.165, 1.54) is 0 Å². The molecule has 2 aromatic rings. The minimum absolute atomic E-state index is 0. The number of halogens is 2. The maximum atomic E-state index is 12.6. The van der Waals surface area contributed by atoms with Crippen molar-refractivity contribution in [1.29, 1.82) is 0 Å². The number of amides is 1. The molecule has 1 aliphatic rings. The average Bonchev–Trinajstić information content (AvgIpc) is 2.79. The molecule has 0 radical (unpaired) electrons. The zero-order valence-electron chi connectivity index (χ0n) is 18.4. The normalized spacial score (nSPS) is 19.5. The number of aliphatic carboxylic acids is 1. The molecule has 0 spiro atoms. The molecule has 0 saturated heterocycles. The highest BCUT2D eigenvalue weighted by Crippen LogP contribution is 2.28. The molecular weight excluding hydrogens is 453 g/mol. The molecule has 0 unspecified atom stereocenters. The molecule has 172 valence electrons. The Hall–Kier alpha value is -2.57. The molecule has 8 heteroatoms. The van der Waals surface area contributed by atoms with Crippen LogP contribution in [0, 0.1) is 11.8 Å². The van der Waals surface area contributed by atoms with Crippen LogP contribution in [0.2, 0.25) is 10.0 Å². The van der Waals surface area contributed by atoms with Gasteiger partial charge in [0.1, 0.15) is 26.0 Å². The Bertz CT molecular complexity index is 991. The number of benzene rings is 2. The van der Waals surface area contributed by atoms with Crippen LogP contribution in [0.15, 0.2) is 42.5 Å². The minimum Gasteiger partial charge on any atom is -0.489 e. The van der Waals surface area contributed by atoms with Gasteiger partial charge < -0.3 is 20.0 Å². The summed E-state index contributed by atoms with van der Waals surface area (Å²) in [5.41, 5.74) is 1.41. The molecule has 2 N–H and O–H groups in total. The number of carboxylic acids is 1. The lowest BCUT2D eigenvalue weighted by atomic mass is 9.82. The lowest BCUT2D eigenvalue weighted by molar-refractivity contribution is -0.142. The van der Waals surface area contributed by atoms with Gasteiger partial charge in [-0.15, -0.1) is 0 Å². The Balaban J connectivity index is 0.00000408. The lowest BCUT2D eigenvalue weighted by Crippen LogP contribution is -2.45. The molecule has 1 amide bonds. The Labute approximate surface area is 199 Å². The van der Waals surface area contributed by atoms with E-state index in [1.807, 2.05) is 0 Å². The van der Waals surface area contributed by atoms with Crippen LogP contribution in [0.4, 0.5) is 0 Å². The molecule has 1 fully saturated rings. The van der Waals surface area contributed by atoms with Crippen LogP contribution in [0.1, 0.15) is 39.6 Å². The first kappa shape index (κ1) is 22.6. The number of ether oxygens (including phenoxy) is 1. The first-order valence-corrected chi connectivity index (χ1v) is 11.2. The fraction of sp³-hybridized carbons (Fsp3) is 0.375. The van der Waals surface area contributed by atoms with Gasteiger partial charge in [0.2, 0.25) is 5.91 Å². The molecule has 6 nitrogen and oxygen atoms in total. The predicted octanol–water partition coefficient (Wildman–Crippen LogP) is 4.94. The largest absolute Gasteiger partial charge is 0.489 e. The summed E-state index contributed by atoms with van der Waals surface area (Å²) < 4.78 is 12.9. The summed E-state index contributed by atoms with van der Waals surface area (Å²) in [4.78, 5) is 35.5. The van der Waals surface area contributed by atoms with Crippen molar-refractivity contribution in [1.82, 2.24) is 5.32 Å². The van der Waals surface area contributed by atoms with Crippen LogP contribution in [0.25, 0.3) is 0 Å². The second kappa shape index (κ2) is 11.3. The Morgan fingerprint density at radius 3 is 2.34 bits per heavy atom. The highest BCUT2D eigenvalue weighted by atomic mass is 35.5. The lowest BCUT2D eigenvalue weighted by Gasteiger charge is -2.26. The minimum atomic E-state index is -1.12. The van der Waals surface area contributed by atoms with Gasteiger partial charge in [0, 0.05) is 35.3 Å². The van der Waals surface area contributed by atoms with Crippen LogP contribution >= 0.6 is 23.2 Å². The molecule has 0 aromatic heterocycles. The number of nitrogens with one attached hydrogen (secondary N) is 1. The summed E-state index contributed by atoms with van der Waals surface area (Å²) in [5, 5.41) is 13.2. The van der Waals surface area contributed by atoms with Gasteiger partial charge in [-0.25, -0.2) is 4.79 Å². The summed E-state index contributed by atoms with van der Waals surface area (Å²) in [6.07, 6.45) is 1.46. The van der Waals surface area contributed by atoms with Crippen LogP contribution in [-0.4, -0.2) is 29.3 Å². The van der Waals surface area contributed by atoms with Crippen molar-refractivity contribution in [3.63, 3.8) is 0 Å². The molecule has 2 aromatic carbocycles. The van der Waals surface area contributed by atoms with Gasteiger partial charge >= 0.3 is 5.97 Å². The maximum absolute atomic E-state index is 12.6. The number of hydrogen-bond acceptors (Lipinski definition) is 4. The standard InChI is InChI=1S/C24H25Cl2NO5.H2/c25-20-2-1-3-21(26)19(20)14-32-18-10-6-15(7-11-18)12-22(24(30)31)27-23(29)17-8-4-16(13-28)5-9-17;/h1-3,6-7,10-11,13,16-17,22H,4-5,8-9,12,14H2,(H,27,29)(H,30,31);1H/t16?,17?,22-;/m0./s1/i13D;. The number of carboxylic acid groups (broad SMARTS) is 1. The first-order chi connectivity index (χ1) is 15.7. The number of rotatable bonds is 9. The maximum Gasteiger partial charge on any atom is 0.326 e. The Kier molecular flexibility index (Phi) is 8.02. The van der Waals surface area contributed by atoms with Crippen LogP contribution in [0.3, 0.4) is 0 Å². The van der Waals surface area contributed by atoms with E-state index in [2.05, 4.69) is 5.32 Å². The smallest absolute Gasteiger partial charge is 0.326 e. The van der Waals surface area contributed by atoms with E-state index in [4.69, 9.17) is 29.3 Å². The summed E-state index contributed by atoms with van der Waals surface area (Å²) in [6.45, 7) is 0.194. The average molecular weight is 481 g/mol. The molecule has 1 aliphatic carbocycles. The number of carbonyl (C=O) groups is 3. The number of aldehydes is 1. The SMILES string of the molecule is [2H]C(=O)C1CCC(C(=O)N[C@@H](Cc2ccc(OCc3c(Cl)cccc3Cl)cc2)C(=O)O)CC1.[HH]. The van der Waals surface area contributed by atoms with Gasteiger partial charge in [-0.1, -0.05) is 41.4 Å². The Morgan fingerprint density at radius 1 is 1.16 bits per heavy atom. The fourth-order valence-electron chi connectivity index (χ4n) is 3.75. The van der Waals surface area contributed by atoms with E-state index < -0.39 is 18.3 Å². The Morgan fingerprint density at radius 2 is 1.78 bits per heavy atom. The van der Waals surface area contributed by atoms with E-state index in [0.29, 0.717) is 47.0 Å². The highest BCUT2D eigenvalue weighted by Gasteiger charge is 2.29. The van der Waals surface area contributed by atoms with Gasteiger partial charge in [0.25, 0.3) is 0 Å². The topological polar surface area (TPSA) is 92.7 Å². The molecule has 1 atom stereocenters. The van der Waals surface area contributed by atoms with Gasteiger partial charge in [0.15, 0.2) is 0 Å². The summed E-state index contributed by atoms with van der Waals surface area (Å²) in [5.74, 6) is -1.53. The van der Waals surface area contributed by atoms with E-state index >= 15 is 0 Å². The molecule has 0 heterocycles. The third-order valence-electron chi connectivity index (χ3n) is 5.69. The fourth-order valence-corrected chi connectivity index (χ4v) is 4.25. The van der Waals surface area contributed by atoms with E-state index in [9.17, 15) is 19.5 Å². The predicted molar refractivity (Wildman–Crippen MR) is 124 cm³/mol. The van der Waals surface area contributed by atoms with Gasteiger partial charge in [-0.3, -0.25) is 4.79 Å². The van der Waals surface area contributed by atoms with E-state index in [0.717, 1.165) is 5.56 Å². The second-order valence-corrected chi connectivity index (χ2v) is 8.72. The molecule has 0 bridgehead atoms. The quantitative estimate of drug-likeness (QED) is 0.496. The van der Waals surface area contributed by atoms with Crippen molar-refractivity contribution >= 4 is 41.3 Å². The molecule has 3 rings (SSSR count). The molecule has 0 aliphatic heterocycles. The molecule has 32 heavy (non-hydrogen) atoms. The highest BCUT2D eigenvalue weighted by molar-refractivity contribution is 6.35.